The summed E-state index contributed by atoms with van der Waals surface area (Å²) in [5.74, 6) is -0.447. The van der Waals surface area contributed by atoms with Crippen molar-refractivity contribution in [2.45, 2.75) is 33.2 Å². The maximum Gasteiger partial charge on any atom is 0.291 e. The molecule has 0 saturated carbocycles. The van der Waals surface area contributed by atoms with Crippen LogP contribution in [0.15, 0.2) is 12.3 Å². The number of hydrogen-bond acceptors (Lipinski definition) is 5. The first kappa shape index (κ1) is 14.9. The monoisotopic (exact) mass is 290 g/mol. The van der Waals surface area contributed by atoms with Crippen LogP contribution in [0.25, 0.3) is 5.78 Å². The van der Waals surface area contributed by atoms with Crippen LogP contribution in [0.5, 0.6) is 0 Å². The molecule has 2 aromatic rings. The van der Waals surface area contributed by atoms with Gasteiger partial charge in [-0.15, -0.1) is 5.10 Å². The Morgan fingerprint density at radius 2 is 2.05 bits per heavy atom. The van der Waals surface area contributed by atoms with Crippen LogP contribution < -0.4 is 10.6 Å². The van der Waals surface area contributed by atoms with E-state index in [1.807, 2.05) is 27.7 Å². The van der Waals surface area contributed by atoms with E-state index < -0.39 is 5.91 Å². The molecule has 0 bridgehead atoms. The van der Waals surface area contributed by atoms with E-state index in [0.29, 0.717) is 5.78 Å². The molecule has 0 saturated heterocycles. The second-order valence-electron chi connectivity index (χ2n) is 5.71. The van der Waals surface area contributed by atoms with E-state index in [-0.39, 0.29) is 23.8 Å². The Kier molecular flexibility index (Phi) is 3.88. The van der Waals surface area contributed by atoms with Gasteiger partial charge in [-0.2, -0.15) is 4.98 Å². The Bertz CT molecular complexity index is 686. The highest BCUT2D eigenvalue weighted by atomic mass is 16.2. The first-order chi connectivity index (χ1) is 9.76. The number of amides is 2. The third kappa shape index (κ3) is 3.74. The van der Waals surface area contributed by atoms with E-state index in [2.05, 4.69) is 25.7 Å². The van der Waals surface area contributed by atoms with Crippen molar-refractivity contribution in [2.24, 2.45) is 0 Å². The average molecular weight is 290 g/mol. The minimum Gasteiger partial charge on any atom is -0.350 e. The van der Waals surface area contributed by atoms with Gasteiger partial charge in [0.05, 0.1) is 6.54 Å². The fraction of sp³-hybridized carbons (Fsp3) is 0.462. The third-order valence-corrected chi connectivity index (χ3v) is 2.56. The molecule has 0 atom stereocenters. The molecule has 8 heteroatoms. The van der Waals surface area contributed by atoms with E-state index in [0.717, 1.165) is 5.69 Å². The summed E-state index contributed by atoms with van der Waals surface area (Å²) in [6, 6.07) is 1.76. The van der Waals surface area contributed by atoms with Crippen molar-refractivity contribution in [1.82, 2.24) is 30.2 Å². The second-order valence-corrected chi connectivity index (χ2v) is 5.71. The number of carbonyl (C=O) groups is 2. The number of aryl methyl sites for hydroxylation is 1. The standard InChI is InChI=1S/C13H18N6O2/c1-8-5-6-14-12-16-10(18-19(8)12)11(21)15-7-9(20)17-13(2,3)4/h5-6H,7H2,1-4H3,(H,15,21)(H,17,20). The smallest absolute Gasteiger partial charge is 0.291 e. The molecule has 2 amide bonds. The van der Waals surface area contributed by atoms with Crippen LogP contribution in [-0.4, -0.2) is 43.5 Å². The zero-order valence-corrected chi connectivity index (χ0v) is 12.5. The Morgan fingerprint density at radius 3 is 2.67 bits per heavy atom. The molecule has 21 heavy (non-hydrogen) atoms. The van der Waals surface area contributed by atoms with Crippen LogP contribution in [0.4, 0.5) is 0 Å². The zero-order chi connectivity index (χ0) is 15.6. The molecular weight excluding hydrogens is 272 g/mol. The highest BCUT2D eigenvalue weighted by Crippen LogP contribution is 2.02. The number of fused-ring (bicyclic) bond motifs is 1. The van der Waals surface area contributed by atoms with Gasteiger partial charge >= 0.3 is 0 Å². The van der Waals surface area contributed by atoms with Crippen LogP contribution in [-0.2, 0) is 4.79 Å². The van der Waals surface area contributed by atoms with E-state index in [4.69, 9.17) is 0 Å². The van der Waals surface area contributed by atoms with Crippen molar-refractivity contribution in [3.05, 3.63) is 23.8 Å². The van der Waals surface area contributed by atoms with E-state index >= 15 is 0 Å². The first-order valence-electron chi connectivity index (χ1n) is 6.54. The molecule has 0 aliphatic carbocycles. The van der Waals surface area contributed by atoms with Gasteiger partial charge in [0.15, 0.2) is 0 Å². The van der Waals surface area contributed by atoms with Gasteiger partial charge in [-0.1, -0.05) is 0 Å². The molecule has 112 valence electrons. The highest BCUT2D eigenvalue weighted by Gasteiger charge is 2.17. The molecule has 2 heterocycles. The summed E-state index contributed by atoms with van der Waals surface area (Å²) < 4.78 is 1.48. The van der Waals surface area contributed by atoms with Crippen molar-refractivity contribution in [1.29, 1.82) is 0 Å². The molecular formula is C13H18N6O2. The van der Waals surface area contributed by atoms with Crippen LogP contribution in [0.2, 0.25) is 0 Å². The fourth-order valence-electron chi connectivity index (χ4n) is 1.70. The van der Waals surface area contributed by atoms with Gasteiger partial charge < -0.3 is 10.6 Å². The van der Waals surface area contributed by atoms with Crippen molar-refractivity contribution < 1.29 is 9.59 Å². The van der Waals surface area contributed by atoms with Crippen LogP contribution in [0.1, 0.15) is 37.1 Å². The molecule has 0 unspecified atom stereocenters. The number of nitrogens with zero attached hydrogens (tertiary/aromatic N) is 4. The summed E-state index contributed by atoms with van der Waals surface area (Å²) >= 11 is 0. The lowest BCUT2D eigenvalue weighted by Crippen LogP contribution is -2.46. The molecule has 2 aromatic heterocycles. The van der Waals surface area contributed by atoms with Crippen molar-refractivity contribution in [3.8, 4) is 0 Å². The first-order valence-corrected chi connectivity index (χ1v) is 6.54. The number of carbonyl (C=O) groups excluding carboxylic acids is 2. The largest absolute Gasteiger partial charge is 0.350 e. The summed E-state index contributed by atoms with van der Waals surface area (Å²) in [4.78, 5) is 31.6. The minimum atomic E-state index is -0.510. The van der Waals surface area contributed by atoms with Crippen LogP contribution >= 0.6 is 0 Å². The predicted octanol–water partition coefficient (Wildman–Crippen LogP) is 0.0772. The minimum absolute atomic E-state index is 0.0136. The maximum absolute atomic E-state index is 11.9. The summed E-state index contributed by atoms with van der Waals surface area (Å²) in [6.07, 6.45) is 1.60. The maximum atomic E-state index is 11.9. The molecule has 2 rings (SSSR count). The number of aromatic nitrogens is 4. The van der Waals surface area contributed by atoms with E-state index in [1.54, 1.807) is 12.3 Å². The van der Waals surface area contributed by atoms with Gasteiger partial charge in [0, 0.05) is 17.4 Å². The molecule has 0 radical (unpaired) electrons. The Hall–Kier alpha value is -2.51. The van der Waals surface area contributed by atoms with E-state index in [9.17, 15) is 9.59 Å². The summed E-state index contributed by atoms with van der Waals surface area (Å²) in [6.45, 7) is 7.31. The Labute approximate surface area is 122 Å². The lowest BCUT2D eigenvalue weighted by atomic mass is 10.1. The molecule has 0 fully saturated rings. The predicted molar refractivity (Wildman–Crippen MR) is 75.7 cm³/mol. The topological polar surface area (TPSA) is 101 Å². The molecule has 0 aromatic carbocycles. The normalized spacial score (nSPS) is 11.4. The van der Waals surface area contributed by atoms with Gasteiger partial charge in [0.25, 0.3) is 11.7 Å². The quantitative estimate of drug-likeness (QED) is 0.833. The van der Waals surface area contributed by atoms with Gasteiger partial charge in [-0.25, -0.2) is 9.50 Å². The fourth-order valence-corrected chi connectivity index (χ4v) is 1.70. The van der Waals surface area contributed by atoms with E-state index in [1.165, 1.54) is 4.52 Å². The molecule has 0 aliphatic heterocycles. The number of hydrogen-bond donors (Lipinski definition) is 2. The molecule has 0 spiro atoms. The molecule has 8 nitrogen and oxygen atoms in total. The van der Waals surface area contributed by atoms with Gasteiger partial charge in [0.1, 0.15) is 0 Å². The summed E-state index contributed by atoms with van der Waals surface area (Å²) in [7, 11) is 0. The summed E-state index contributed by atoms with van der Waals surface area (Å²) in [5, 5.41) is 9.30. The number of nitrogens with one attached hydrogen (secondary N) is 2. The van der Waals surface area contributed by atoms with Gasteiger partial charge in [-0.3, -0.25) is 9.59 Å². The third-order valence-electron chi connectivity index (χ3n) is 2.56. The van der Waals surface area contributed by atoms with Crippen LogP contribution in [0, 0.1) is 6.92 Å². The van der Waals surface area contributed by atoms with Gasteiger partial charge in [0.2, 0.25) is 11.7 Å². The highest BCUT2D eigenvalue weighted by molar-refractivity contribution is 5.93. The summed E-state index contributed by atoms with van der Waals surface area (Å²) in [5.41, 5.74) is 0.474. The zero-order valence-electron chi connectivity index (χ0n) is 12.5. The van der Waals surface area contributed by atoms with Crippen LogP contribution in [0.3, 0.4) is 0 Å². The molecule has 2 N–H and O–H groups in total. The molecule has 0 aliphatic rings. The Balaban J connectivity index is 2.03. The second kappa shape index (κ2) is 5.47. The SMILES string of the molecule is Cc1ccnc2nc(C(=O)NCC(=O)NC(C)(C)C)nn12. The van der Waals surface area contributed by atoms with Crippen molar-refractivity contribution in [3.63, 3.8) is 0 Å². The Morgan fingerprint density at radius 1 is 1.33 bits per heavy atom. The van der Waals surface area contributed by atoms with Crippen molar-refractivity contribution in [2.75, 3.05) is 6.54 Å². The average Bonchev–Trinajstić information content (AvgIpc) is 2.79. The van der Waals surface area contributed by atoms with Crippen molar-refractivity contribution >= 4 is 17.6 Å². The van der Waals surface area contributed by atoms with Gasteiger partial charge in [-0.05, 0) is 33.8 Å². The lowest BCUT2D eigenvalue weighted by Gasteiger charge is -2.20. The number of rotatable bonds is 3. The lowest BCUT2D eigenvalue weighted by molar-refractivity contribution is -0.121.